The minimum Gasteiger partial charge on any atom is -0.383 e. The number of allylic oxidation sites excluding steroid dienone is 4. The third kappa shape index (κ3) is 3.54. The van der Waals surface area contributed by atoms with Gasteiger partial charge in [0.2, 0.25) is 5.91 Å². The number of anilines is 1. The molecular weight excluding hydrogens is 396 g/mol. The van der Waals surface area contributed by atoms with Crippen LogP contribution in [-0.4, -0.2) is 47.9 Å². The molecule has 0 saturated heterocycles. The first-order valence-corrected chi connectivity index (χ1v) is 8.96. The number of amides is 1. The Labute approximate surface area is 169 Å². The molecule has 0 aromatic carbocycles. The molecule has 1 aliphatic rings. The van der Waals surface area contributed by atoms with Gasteiger partial charge < -0.3 is 11.1 Å². The van der Waals surface area contributed by atoms with Crippen LogP contribution >= 0.6 is 0 Å². The molecule has 1 unspecified atom stereocenters. The van der Waals surface area contributed by atoms with Crippen molar-refractivity contribution in [1.29, 1.82) is 0 Å². The molecule has 3 aromatic heterocycles. The Morgan fingerprint density at radius 3 is 2.97 bits per heavy atom. The molecule has 1 aliphatic carbocycles. The van der Waals surface area contributed by atoms with Gasteiger partial charge in [0, 0.05) is 30.6 Å². The summed E-state index contributed by atoms with van der Waals surface area (Å²) in [5.41, 5.74) is 7.71. The smallest absolute Gasteiger partial charge is 0.241 e. The molecule has 3 aromatic rings. The van der Waals surface area contributed by atoms with E-state index in [-0.39, 0.29) is 30.5 Å². The zero-order valence-electron chi connectivity index (χ0n) is 15.8. The Morgan fingerprint density at radius 1 is 1.33 bits per heavy atom. The van der Waals surface area contributed by atoms with E-state index < -0.39 is 17.7 Å². The second kappa shape index (κ2) is 7.81. The predicted molar refractivity (Wildman–Crippen MR) is 103 cm³/mol. The molecule has 1 atom stereocenters. The quantitative estimate of drug-likeness (QED) is 0.649. The summed E-state index contributed by atoms with van der Waals surface area (Å²) in [5, 5.41) is 18.1. The number of rotatable bonds is 5. The largest absolute Gasteiger partial charge is 0.383 e. The van der Waals surface area contributed by atoms with Crippen LogP contribution < -0.4 is 11.1 Å². The van der Waals surface area contributed by atoms with E-state index in [9.17, 15) is 13.6 Å². The predicted octanol–water partition coefficient (Wildman–Crippen LogP) is 1.58. The van der Waals surface area contributed by atoms with E-state index >= 15 is 0 Å². The van der Waals surface area contributed by atoms with Gasteiger partial charge in [-0.15, -0.1) is 5.10 Å². The first-order valence-electron chi connectivity index (χ1n) is 8.96. The zero-order valence-corrected chi connectivity index (χ0v) is 15.8. The van der Waals surface area contributed by atoms with Crippen molar-refractivity contribution in [2.75, 3.05) is 12.8 Å². The van der Waals surface area contributed by atoms with Crippen LogP contribution in [0.4, 0.5) is 14.6 Å². The molecule has 3 heterocycles. The van der Waals surface area contributed by atoms with Gasteiger partial charge in [-0.2, -0.15) is 5.10 Å². The number of nitrogens with zero attached hydrogens (tertiary/aromatic N) is 7. The lowest BCUT2D eigenvalue weighted by atomic mass is 10.1. The minimum absolute atomic E-state index is 0.0659. The van der Waals surface area contributed by atoms with E-state index in [0.29, 0.717) is 16.7 Å². The van der Waals surface area contributed by atoms with Crippen molar-refractivity contribution in [2.45, 2.75) is 19.0 Å². The van der Waals surface area contributed by atoms with Gasteiger partial charge in [0.1, 0.15) is 18.4 Å². The standard InChI is InChI=1S/C18H17F2N9O/c1-22-15(30)9-28-8-11(7-24-28)10-5-12(17(21)23-6-10)18-25-26-27-29(18)14-4-2-3-13(19)16(14)20/h2-3,5-8,14H,4,9H2,1H3,(H2,21,23)(H,22,30). The topological polar surface area (TPSA) is 129 Å². The number of aromatic nitrogens is 7. The van der Waals surface area contributed by atoms with E-state index in [2.05, 4.69) is 30.9 Å². The first kappa shape index (κ1) is 19.4. The number of nitrogen functional groups attached to an aromatic ring is 1. The molecule has 0 radical (unpaired) electrons. The normalized spacial score (nSPS) is 16.2. The monoisotopic (exact) mass is 413 g/mol. The summed E-state index contributed by atoms with van der Waals surface area (Å²) in [6.07, 6.45) is 7.57. The van der Waals surface area contributed by atoms with Crippen LogP contribution in [0.1, 0.15) is 12.5 Å². The number of tetrazole rings is 1. The molecule has 154 valence electrons. The van der Waals surface area contributed by atoms with Crippen LogP contribution in [0.5, 0.6) is 0 Å². The van der Waals surface area contributed by atoms with Crippen LogP contribution in [-0.2, 0) is 11.3 Å². The molecular formula is C18H17F2N9O. The fraction of sp³-hybridized carbons (Fsp3) is 0.222. The van der Waals surface area contributed by atoms with Crippen LogP contribution in [0.2, 0.25) is 0 Å². The van der Waals surface area contributed by atoms with Gasteiger partial charge in [-0.1, -0.05) is 6.08 Å². The molecule has 10 nitrogen and oxygen atoms in total. The summed E-state index contributed by atoms with van der Waals surface area (Å²) < 4.78 is 30.7. The highest BCUT2D eigenvalue weighted by molar-refractivity contribution is 5.77. The van der Waals surface area contributed by atoms with Crippen molar-refractivity contribution < 1.29 is 13.6 Å². The Morgan fingerprint density at radius 2 is 2.17 bits per heavy atom. The lowest BCUT2D eigenvalue weighted by Gasteiger charge is -2.18. The molecule has 3 N–H and O–H groups in total. The van der Waals surface area contributed by atoms with E-state index in [1.54, 1.807) is 25.5 Å². The maximum absolute atomic E-state index is 14.3. The fourth-order valence-corrected chi connectivity index (χ4v) is 3.07. The Bertz CT molecular complexity index is 1160. The van der Waals surface area contributed by atoms with Gasteiger partial charge in [0.15, 0.2) is 17.5 Å². The Balaban J connectivity index is 1.70. The number of nitrogens with one attached hydrogen (secondary N) is 1. The first-order chi connectivity index (χ1) is 14.5. The molecule has 30 heavy (non-hydrogen) atoms. The second-order valence-electron chi connectivity index (χ2n) is 6.55. The molecule has 12 heteroatoms. The number of nitrogens with two attached hydrogens (primary N) is 1. The molecule has 1 amide bonds. The van der Waals surface area contributed by atoms with Crippen molar-refractivity contribution in [3.05, 3.63) is 48.5 Å². The summed E-state index contributed by atoms with van der Waals surface area (Å²) >= 11 is 0. The number of carbonyl (C=O) groups is 1. The number of carbonyl (C=O) groups excluding carboxylic acids is 1. The number of likely N-dealkylation sites (N-methyl/N-ethyl adjacent to an activating group) is 1. The van der Waals surface area contributed by atoms with E-state index in [4.69, 9.17) is 5.73 Å². The van der Waals surface area contributed by atoms with Gasteiger partial charge in [-0.3, -0.25) is 9.48 Å². The van der Waals surface area contributed by atoms with Gasteiger partial charge in [0.25, 0.3) is 0 Å². The highest BCUT2D eigenvalue weighted by Crippen LogP contribution is 2.35. The molecule has 0 spiro atoms. The van der Waals surface area contributed by atoms with Crippen molar-refractivity contribution in [3.8, 4) is 22.5 Å². The summed E-state index contributed by atoms with van der Waals surface area (Å²) in [5.74, 6) is -1.82. The molecule has 4 rings (SSSR count). The maximum Gasteiger partial charge on any atom is 0.241 e. The van der Waals surface area contributed by atoms with E-state index in [1.165, 1.54) is 21.6 Å². The number of hydrogen-bond acceptors (Lipinski definition) is 7. The fourth-order valence-electron chi connectivity index (χ4n) is 3.07. The molecule has 0 saturated carbocycles. The Kier molecular flexibility index (Phi) is 5.04. The van der Waals surface area contributed by atoms with Crippen LogP contribution in [0.25, 0.3) is 22.5 Å². The number of pyridine rings is 1. The number of halogens is 2. The molecule has 0 fully saturated rings. The lowest BCUT2D eigenvalue weighted by molar-refractivity contribution is -0.121. The average molecular weight is 413 g/mol. The second-order valence-corrected chi connectivity index (χ2v) is 6.55. The Hall–Kier alpha value is -3.96. The van der Waals surface area contributed by atoms with Crippen molar-refractivity contribution in [3.63, 3.8) is 0 Å². The van der Waals surface area contributed by atoms with Gasteiger partial charge in [-0.05, 0) is 29.0 Å². The van der Waals surface area contributed by atoms with Crippen LogP contribution in [0.3, 0.4) is 0 Å². The van der Waals surface area contributed by atoms with Gasteiger partial charge in [-0.25, -0.2) is 18.4 Å². The summed E-state index contributed by atoms with van der Waals surface area (Å²) in [6, 6.07) is 0.668. The SMILES string of the molecule is CNC(=O)Cn1cc(-c2cnc(N)c(-c3nnnn3C3CC=CC(F)=C3F)c2)cn1. The van der Waals surface area contributed by atoms with Crippen LogP contribution in [0.15, 0.2) is 48.5 Å². The van der Waals surface area contributed by atoms with Crippen molar-refractivity contribution in [2.24, 2.45) is 0 Å². The average Bonchev–Trinajstić information content (AvgIpc) is 3.40. The van der Waals surface area contributed by atoms with Crippen LogP contribution in [0, 0.1) is 0 Å². The summed E-state index contributed by atoms with van der Waals surface area (Å²) in [6.45, 7) is 0.0659. The highest BCUT2D eigenvalue weighted by Gasteiger charge is 2.27. The van der Waals surface area contributed by atoms with Crippen molar-refractivity contribution in [1.82, 2.24) is 40.3 Å². The summed E-state index contributed by atoms with van der Waals surface area (Å²) in [4.78, 5) is 15.7. The zero-order chi connectivity index (χ0) is 21.3. The highest BCUT2D eigenvalue weighted by atomic mass is 19.2. The van der Waals surface area contributed by atoms with Gasteiger partial charge >= 0.3 is 0 Å². The third-order valence-electron chi connectivity index (χ3n) is 4.64. The van der Waals surface area contributed by atoms with Crippen molar-refractivity contribution >= 4 is 11.7 Å². The molecule has 0 bridgehead atoms. The lowest BCUT2D eigenvalue weighted by Crippen LogP contribution is -2.23. The maximum atomic E-state index is 14.3. The summed E-state index contributed by atoms with van der Waals surface area (Å²) in [7, 11) is 1.54. The third-order valence-corrected chi connectivity index (χ3v) is 4.64. The van der Waals surface area contributed by atoms with Gasteiger partial charge in [0.05, 0.1) is 11.8 Å². The minimum atomic E-state index is -1.02. The number of hydrogen-bond donors (Lipinski definition) is 2. The van der Waals surface area contributed by atoms with E-state index in [0.717, 1.165) is 6.08 Å². The molecule has 0 aliphatic heterocycles. The van der Waals surface area contributed by atoms with E-state index in [1.807, 2.05) is 0 Å².